The lowest BCUT2D eigenvalue weighted by Gasteiger charge is -2.19. The van der Waals surface area contributed by atoms with Crippen molar-refractivity contribution >= 4 is 65.5 Å². The van der Waals surface area contributed by atoms with Crippen LogP contribution < -0.4 is 9.47 Å². The molecule has 5 aromatic rings. The van der Waals surface area contributed by atoms with Crippen LogP contribution in [0.3, 0.4) is 0 Å². The van der Waals surface area contributed by atoms with E-state index in [-0.39, 0.29) is 0 Å². The van der Waals surface area contributed by atoms with E-state index < -0.39 is 0 Å². The Morgan fingerprint density at radius 2 is 0.739 bits per heavy atom. The Morgan fingerprint density at radius 3 is 1.10 bits per heavy atom. The van der Waals surface area contributed by atoms with Gasteiger partial charge in [-0.3, -0.25) is 0 Å². The minimum atomic E-state index is 0.542. The molecule has 0 saturated carbocycles. The molecule has 0 N–H and O–H groups in total. The fraction of sp³-hybridized carbons (Fsp3) is 0.738. The van der Waals surface area contributed by atoms with Gasteiger partial charge < -0.3 is 9.47 Å². The molecule has 0 saturated heterocycles. The average molecular weight is 1020 g/mol. The van der Waals surface area contributed by atoms with Gasteiger partial charge in [-0.25, -0.2) is 9.97 Å². The highest BCUT2D eigenvalue weighted by atomic mass is 32.1. The number of aromatic nitrogens is 2. The second kappa shape index (κ2) is 35.2. The third kappa shape index (κ3) is 20.4. The first-order valence-corrected chi connectivity index (χ1v) is 32.6. The van der Waals surface area contributed by atoms with Gasteiger partial charge >= 0.3 is 0 Å². The lowest BCUT2D eigenvalue weighted by Crippen LogP contribution is -2.12. The van der Waals surface area contributed by atoms with Crippen molar-refractivity contribution in [3.8, 4) is 31.3 Å². The fourth-order valence-corrected chi connectivity index (χ4v) is 14.1. The predicted octanol–water partition coefficient (Wildman–Crippen LogP) is 22.4. The Bertz CT molecular complexity index is 1940. The van der Waals surface area contributed by atoms with E-state index in [0.29, 0.717) is 11.8 Å². The van der Waals surface area contributed by atoms with Gasteiger partial charge in [0.05, 0.1) is 43.8 Å². The molecule has 0 radical (unpaired) electrons. The van der Waals surface area contributed by atoms with Crippen molar-refractivity contribution < 1.29 is 9.47 Å². The molecule has 2 atom stereocenters. The van der Waals surface area contributed by atoms with E-state index in [0.717, 1.165) is 60.4 Å². The summed E-state index contributed by atoms with van der Waals surface area (Å²) in [4.78, 5) is 13.0. The van der Waals surface area contributed by atoms with Crippen molar-refractivity contribution in [1.82, 2.24) is 9.97 Å². The van der Waals surface area contributed by atoms with Crippen molar-refractivity contribution in [2.24, 2.45) is 11.8 Å². The molecule has 0 aliphatic heterocycles. The maximum Gasteiger partial charge on any atom is 0.146 e. The summed E-state index contributed by atoms with van der Waals surface area (Å²) in [6.45, 7) is 15.4. The highest BCUT2D eigenvalue weighted by Gasteiger charge is 2.25. The quantitative estimate of drug-likeness (QED) is 0.0365. The topological polar surface area (TPSA) is 44.2 Å². The molecule has 4 aromatic heterocycles. The summed E-state index contributed by atoms with van der Waals surface area (Å²) in [6, 6.07) is 4.80. The van der Waals surface area contributed by atoms with Crippen LogP contribution in [-0.2, 0) is 12.8 Å². The van der Waals surface area contributed by atoms with Crippen LogP contribution in [0, 0.1) is 11.8 Å². The van der Waals surface area contributed by atoms with Gasteiger partial charge in [0.25, 0.3) is 0 Å². The predicted molar refractivity (Wildman–Crippen MR) is 311 cm³/mol. The molecule has 2 unspecified atom stereocenters. The molecule has 4 nitrogen and oxygen atoms in total. The van der Waals surface area contributed by atoms with Gasteiger partial charge in [0.15, 0.2) is 0 Å². The Kier molecular flexibility index (Phi) is 29.5. The molecule has 69 heavy (non-hydrogen) atoms. The average Bonchev–Trinajstić information content (AvgIpc) is 4.21. The maximum atomic E-state index is 7.16. The Balaban J connectivity index is 1.33. The number of unbranched alkanes of at least 4 members (excludes halogenated alkanes) is 25. The first-order valence-electron chi connectivity index (χ1n) is 29.2. The first kappa shape index (κ1) is 57.9. The van der Waals surface area contributed by atoms with E-state index in [1.54, 1.807) is 0 Å². The van der Waals surface area contributed by atoms with Crippen LogP contribution in [0.5, 0.6) is 11.5 Å². The Hall–Kier alpha value is -2.00. The number of nitrogens with zero attached hydrogens (tertiary/aromatic N) is 2. The van der Waals surface area contributed by atoms with Crippen LogP contribution >= 0.6 is 45.3 Å². The van der Waals surface area contributed by atoms with Gasteiger partial charge in [0.1, 0.15) is 21.5 Å². The number of thiazole rings is 2. The van der Waals surface area contributed by atoms with E-state index in [9.17, 15) is 0 Å². The van der Waals surface area contributed by atoms with Crippen LogP contribution in [0.1, 0.15) is 265 Å². The molecule has 4 heterocycles. The number of hydrogen-bond donors (Lipinski definition) is 0. The maximum absolute atomic E-state index is 7.16. The fourth-order valence-electron chi connectivity index (χ4n) is 9.95. The van der Waals surface area contributed by atoms with Crippen LogP contribution in [-0.4, -0.2) is 23.2 Å². The molecule has 388 valence electrons. The number of ether oxygens (including phenoxy) is 2. The molecule has 0 spiro atoms. The first-order chi connectivity index (χ1) is 34.0. The number of rotatable bonds is 43. The molecule has 5 rings (SSSR count). The lowest BCUT2D eigenvalue weighted by molar-refractivity contribution is 0.234. The number of thiophene rings is 2. The van der Waals surface area contributed by atoms with E-state index >= 15 is 0 Å². The zero-order chi connectivity index (χ0) is 48.7. The van der Waals surface area contributed by atoms with Gasteiger partial charge in [-0.15, -0.1) is 45.3 Å². The third-order valence-electron chi connectivity index (χ3n) is 14.7. The second-order valence-electron chi connectivity index (χ2n) is 20.7. The summed E-state index contributed by atoms with van der Waals surface area (Å²) < 4.78 is 16.7. The Labute approximate surface area is 439 Å². The molecule has 1 aromatic carbocycles. The normalized spacial score (nSPS) is 12.8. The third-order valence-corrected chi connectivity index (χ3v) is 19.1. The minimum Gasteiger partial charge on any atom is -0.491 e. The molecule has 0 bridgehead atoms. The van der Waals surface area contributed by atoms with Crippen molar-refractivity contribution in [3.63, 3.8) is 0 Å². The van der Waals surface area contributed by atoms with E-state index in [4.69, 9.17) is 19.4 Å². The summed E-state index contributed by atoms with van der Waals surface area (Å²) >= 11 is 7.36. The molecular formula is C61H98N2O2S4. The second-order valence-corrected chi connectivity index (χ2v) is 24.6. The van der Waals surface area contributed by atoms with Crippen molar-refractivity contribution in [2.75, 3.05) is 13.2 Å². The highest BCUT2D eigenvalue weighted by molar-refractivity contribution is 7.27. The molecule has 0 amide bonds. The number of benzene rings is 1. The summed E-state index contributed by atoms with van der Waals surface area (Å²) in [6.07, 6.45) is 46.2. The standard InChI is InChI=1S/C61H98N2O2S4/c1-7-13-17-19-21-23-25-27-29-31-33-36-40-50-46-66-60(62-50)54-42-52-56(64-44-48(11-5)38-16-10-4)58-53(57(59(52)69-54)65-45-49(12-6)39-35-15-9-3)43-55(68-58)61-63-51(47-67-61)41-37-34-32-30-28-26-24-22-20-18-14-8-2/h42-43,46-49H,7-41,44-45H2,1-6H3. The van der Waals surface area contributed by atoms with Crippen molar-refractivity contribution in [3.05, 3.63) is 34.3 Å². The summed E-state index contributed by atoms with van der Waals surface area (Å²) in [5.41, 5.74) is 2.50. The molecule has 0 aliphatic rings. The SMILES string of the molecule is CCCCCCCCCCCCCCc1csc(-c2cc3c(OCC(CC)CCCCC)c4sc(-c5nc(CCCCCCCCCCCCCC)cs5)cc4c(OCC(CC)CCCC)c3s2)n1. The zero-order valence-corrected chi connectivity index (χ0v) is 48.2. The minimum absolute atomic E-state index is 0.542. The number of fused-ring (bicyclic) bond motifs is 2. The zero-order valence-electron chi connectivity index (χ0n) is 45.0. The van der Waals surface area contributed by atoms with Crippen LogP contribution in [0.15, 0.2) is 22.9 Å². The van der Waals surface area contributed by atoms with Gasteiger partial charge in [0, 0.05) is 21.5 Å². The van der Waals surface area contributed by atoms with E-state index in [1.807, 2.05) is 45.3 Å². The molecular weight excluding hydrogens is 921 g/mol. The van der Waals surface area contributed by atoms with Gasteiger partial charge in [-0.05, 0) is 62.5 Å². The molecule has 8 heteroatoms. The molecule has 0 aliphatic carbocycles. The molecule has 0 fully saturated rings. The van der Waals surface area contributed by atoms with E-state index in [2.05, 4.69) is 64.4 Å². The van der Waals surface area contributed by atoms with Gasteiger partial charge in [-0.2, -0.15) is 0 Å². The van der Waals surface area contributed by atoms with Gasteiger partial charge in [-0.1, -0.05) is 228 Å². The van der Waals surface area contributed by atoms with Crippen LogP contribution in [0.4, 0.5) is 0 Å². The largest absolute Gasteiger partial charge is 0.491 e. The number of aryl methyl sites for hydroxylation is 2. The highest BCUT2D eigenvalue weighted by Crippen LogP contribution is 2.53. The van der Waals surface area contributed by atoms with Crippen LogP contribution in [0.25, 0.3) is 39.9 Å². The van der Waals surface area contributed by atoms with Crippen molar-refractivity contribution in [2.45, 2.75) is 266 Å². The summed E-state index contributed by atoms with van der Waals surface area (Å²) in [5.74, 6) is 3.17. The van der Waals surface area contributed by atoms with Crippen LogP contribution in [0.2, 0.25) is 0 Å². The van der Waals surface area contributed by atoms with E-state index in [1.165, 1.54) is 240 Å². The van der Waals surface area contributed by atoms with Gasteiger partial charge in [0.2, 0.25) is 0 Å². The summed E-state index contributed by atoms with van der Waals surface area (Å²) in [7, 11) is 0. The monoisotopic (exact) mass is 1020 g/mol. The Morgan fingerprint density at radius 1 is 0.406 bits per heavy atom. The lowest BCUT2D eigenvalue weighted by atomic mass is 9.99. The smallest absolute Gasteiger partial charge is 0.146 e. The number of hydrogen-bond acceptors (Lipinski definition) is 8. The summed E-state index contributed by atoms with van der Waals surface area (Å²) in [5, 5.41) is 9.30. The van der Waals surface area contributed by atoms with Crippen molar-refractivity contribution in [1.29, 1.82) is 0 Å².